The number of alkyl halides is 3. The molecular weight excluding hydrogens is 583 g/mol. The van der Waals surface area contributed by atoms with Gasteiger partial charge in [0.25, 0.3) is 0 Å². The molecule has 0 aliphatic rings. The van der Waals surface area contributed by atoms with E-state index >= 15 is 0 Å². The summed E-state index contributed by atoms with van der Waals surface area (Å²) in [6.45, 7) is 1.51. The largest absolute Gasteiger partial charge is 0.573 e. The monoisotopic (exact) mass is 611 g/mol. The van der Waals surface area contributed by atoms with Crippen LogP contribution >= 0.6 is 11.6 Å². The molecule has 3 rings (SSSR count). The van der Waals surface area contributed by atoms with Crippen LogP contribution in [0.15, 0.2) is 71.6 Å². The molecule has 2 N–H and O–H groups in total. The van der Waals surface area contributed by atoms with Crippen LogP contribution in [-0.4, -0.2) is 43.9 Å². The molecule has 7 nitrogen and oxygen atoms in total. The summed E-state index contributed by atoms with van der Waals surface area (Å²) >= 11 is 5.76. The first-order chi connectivity index (χ1) is 19.4. The minimum absolute atomic E-state index is 0.0239. The second kappa shape index (κ2) is 14.0. The lowest BCUT2D eigenvalue weighted by atomic mass is 9.92. The molecule has 3 aromatic rings. The fourth-order valence-corrected chi connectivity index (χ4v) is 5.60. The van der Waals surface area contributed by atoms with Crippen molar-refractivity contribution in [2.45, 2.75) is 49.8 Å². The number of aliphatic hydroxyl groups is 1. The predicted octanol–water partition coefficient (Wildman–Crippen LogP) is 6.30. The van der Waals surface area contributed by atoms with E-state index in [-0.39, 0.29) is 46.6 Å². The van der Waals surface area contributed by atoms with Crippen molar-refractivity contribution in [1.29, 1.82) is 5.41 Å². The average Bonchev–Trinajstić information content (AvgIpc) is 2.91. The summed E-state index contributed by atoms with van der Waals surface area (Å²) < 4.78 is 73.9. The van der Waals surface area contributed by atoms with Crippen molar-refractivity contribution in [3.63, 3.8) is 0 Å². The van der Waals surface area contributed by atoms with Crippen LogP contribution in [0.1, 0.15) is 42.4 Å². The number of nitrogens with one attached hydrogen (secondary N) is 1. The molecule has 0 unspecified atom stereocenters. The van der Waals surface area contributed by atoms with Crippen molar-refractivity contribution in [1.82, 2.24) is 0 Å². The lowest BCUT2D eigenvalue weighted by Gasteiger charge is -2.15. The van der Waals surface area contributed by atoms with Crippen molar-refractivity contribution >= 4 is 32.3 Å². The van der Waals surface area contributed by atoms with Gasteiger partial charge in [0.15, 0.2) is 0 Å². The highest BCUT2D eigenvalue weighted by Crippen LogP contribution is 2.33. The van der Waals surface area contributed by atoms with Crippen LogP contribution in [-0.2, 0) is 27.5 Å². The summed E-state index contributed by atoms with van der Waals surface area (Å²) in [5.74, 6) is -1.41. The summed E-state index contributed by atoms with van der Waals surface area (Å²) in [5, 5.41) is 16.9. The maximum atomic E-state index is 13.3. The van der Waals surface area contributed by atoms with Gasteiger partial charge in [0.2, 0.25) is 9.84 Å². The minimum Gasteiger partial charge on any atom is -0.492 e. The van der Waals surface area contributed by atoms with Gasteiger partial charge in [-0.05, 0) is 60.7 Å². The van der Waals surface area contributed by atoms with E-state index in [0.29, 0.717) is 18.4 Å². The fourth-order valence-electron chi connectivity index (χ4n) is 4.19. The number of aliphatic hydroxyl groups excluding tert-OH is 1. The molecule has 0 aromatic heterocycles. The molecule has 0 spiro atoms. The number of carbonyl (C=O) groups excluding carboxylic acids is 1. The molecule has 0 fully saturated rings. The van der Waals surface area contributed by atoms with Gasteiger partial charge in [-0.3, -0.25) is 10.2 Å². The number of aryl methyl sites for hydroxylation is 1. The van der Waals surface area contributed by atoms with Crippen LogP contribution in [0, 0.1) is 5.41 Å². The summed E-state index contributed by atoms with van der Waals surface area (Å²) in [7, 11) is -4.36. The summed E-state index contributed by atoms with van der Waals surface area (Å²) in [5.41, 5.74) is 1.52. The number of halogens is 4. The van der Waals surface area contributed by atoms with E-state index in [2.05, 4.69) is 4.74 Å². The number of ketones is 1. The zero-order valence-corrected chi connectivity index (χ0v) is 23.7. The highest BCUT2D eigenvalue weighted by Gasteiger charge is 2.32. The average molecular weight is 612 g/mol. The van der Waals surface area contributed by atoms with E-state index in [0.717, 1.165) is 17.7 Å². The maximum Gasteiger partial charge on any atom is 0.573 e. The van der Waals surface area contributed by atoms with Gasteiger partial charge >= 0.3 is 6.36 Å². The van der Waals surface area contributed by atoms with E-state index in [9.17, 15) is 31.5 Å². The van der Waals surface area contributed by atoms with Crippen LogP contribution in [0.2, 0.25) is 5.02 Å². The second-order valence-corrected chi connectivity index (χ2v) is 11.4. The molecule has 0 radical (unpaired) electrons. The van der Waals surface area contributed by atoms with Gasteiger partial charge in [-0.25, -0.2) is 8.42 Å². The van der Waals surface area contributed by atoms with Crippen molar-refractivity contribution in [3.8, 4) is 11.5 Å². The Balaban J connectivity index is 1.73. The first-order valence-electron chi connectivity index (χ1n) is 12.7. The van der Waals surface area contributed by atoms with Crippen molar-refractivity contribution < 1.29 is 41.0 Å². The van der Waals surface area contributed by atoms with Crippen LogP contribution in [0.4, 0.5) is 13.2 Å². The van der Waals surface area contributed by atoms with E-state index in [1.165, 1.54) is 18.2 Å². The normalized spacial score (nSPS) is 12.5. The molecule has 0 saturated heterocycles. The van der Waals surface area contributed by atoms with Gasteiger partial charge < -0.3 is 14.6 Å². The van der Waals surface area contributed by atoms with Gasteiger partial charge in [-0.15, -0.1) is 13.2 Å². The molecule has 0 amide bonds. The molecule has 0 saturated carbocycles. The summed E-state index contributed by atoms with van der Waals surface area (Å²) in [6, 6.07) is 16.8. The third kappa shape index (κ3) is 8.79. The third-order valence-electron chi connectivity index (χ3n) is 6.17. The quantitative estimate of drug-likeness (QED) is 0.173. The van der Waals surface area contributed by atoms with Gasteiger partial charge in [-0.1, -0.05) is 54.1 Å². The maximum absolute atomic E-state index is 13.3. The molecule has 1 atom stereocenters. The van der Waals surface area contributed by atoms with Crippen molar-refractivity contribution in [2.24, 2.45) is 0 Å². The first-order valence-corrected chi connectivity index (χ1v) is 14.5. The van der Waals surface area contributed by atoms with Crippen molar-refractivity contribution in [2.75, 3.05) is 13.2 Å². The predicted molar refractivity (Wildman–Crippen MR) is 149 cm³/mol. The Morgan fingerprint density at radius 1 is 1.02 bits per heavy atom. The Hall–Kier alpha value is -3.41. The van der Waals surface area contributed by atoms with Crippen LogP contribution in [0.5, 0.6) is 11.5 Å². The number of rotatable bonds is 13. The van der Waals surface area contributed by atoms with E-state index in [4.69, 9.17) is 21.7 Å². The van der Waals surface area contributed by atoms with Crippen LogP contribution in [0.3, 0.4) is 0 Å². The number of ether oxygens (including phenoxy) is 2. The summed E-state index contributed by atoms with van der Waals surface area (Å²) in [6.07, 6.45) is -4.41. The Labute approximate surface area is 241 Å². The lowest BCUT2D eigenvalue weighted by molar-refractivity contribution is -0.274. The van der Waals surface area contributed by atoms with Gasteiger partial charge in [0, 0.05) is 12.8 Å². The molecule has 0 aliphatic heterocycles. The Bertz CT molecular complexity index is 1480. The number of hydrogen-bond donors (Lipinski definition) is 2. The molecule has 0 bridgehead atoms. The van der Waals surface area contributed by atoms with Crippen molar-refractivity contribution in [3.05, 3.63) is 88.4 Å². The summed E-state index contributed by atoms with van der Waals surface area (Å²) in [4.78, 5) is 12.4. The topological polar surface area (TPSA) is 114 Å². The highest BCUT2D eigenvalue weighted by atomic mass is 35.5. The first kappa shape index (κ1) is 32.1. The number of sulfone groups is 1. The molecule has 12 heteroatoms. The van der Waals surface area contributed by atoms with E-state index < -0.39 is 39.3 Å². The van der Waals surface area contributed by atoms with Crippen LogP contribution < -0.4 is 9.47 Å². The Morgan fingerprint density at radius 2 is 1.68 bits per heavy atom. The Kier molecular flexibility index (Phi) is 10.9. The highest BCUT2D eigenvalue weighted by molar-refractivity contribution is 8.06. The Morgan fingerprint density at radius 3 is 2.32 bits per heavy atom. The molecule has 220 valence electrons. The van der Waals surface area contributed by atoms with Gasteiger partial charge in [-0.2, -0.15) is 0 Å². The molecular formula is C29H29ClF3NO6S. The molecule has 0 heterocycles. The lowest BCUT2D eigenvalue weighted by Crippen LogP contribution is -2.19. The van der Waals surface area contributed by atoms with E-state index in [1.807, 2.05) is 6.07 Å². The number of carbonyl (C=O) groups is 1. The smallest absolute Gasteiger partial charge is 0.492 e. The van der Waals surface area contributed by atoms with Gasteiger partial charge in [0.1, 0.15) is 27.2 Å². The third-order valence-corrected chi connectivity index (χ3v) is 8.19. The standard InChI is InChI=1S/C29H29ClF3NO6S/c1-2-39-26-15-19(7-6-10-24(36)22(18-35)21-8-4-3-5-9-21)12-14-27(26)41(37,38)28(34)17-20-11-13-23(30)25(16-20)40-29(31,32)33/h3-5,8-9,11-16,22,34-35H,2,6-7,10,17-18H2,1H3/t22-/m0/s1. The fraction of sp³-hybridized carbons (Fsp3) is 0.310. The van der Waals surface area contributed by atoms with E-state index in [1.54, 1.807) is 37.3 Å². The minimum atomic E-state index is -4.99. The number of hydrogen-bond acceptors (Lipinski definition) is 7. The van der Waals surface area contributed by atoms with Crippen LogP contribution in [0.25, 0.3) is 0 Å². The number of benzene rings is 3. The van der Waals surface area contributed by atoms with Gasteiger partial charge in [0.05, 0.1) is 24.2 Å². The molecule has 0 aliphatic carbocycles. The molecule has 41 heavy (non-hydrogen) atoms. The molecule has 3 aromatic carbocycles. The SMILES string of the molecule is CCOc1cc(CCCC(=O)[C@@H](CO)c2ccccc2)ccc1S(=O)(=O)C(=N)Cc1ccc(Cl)c(OC(F)(F)F)c1. The zero-order valence-electron chi connectivity index (χ0n) is 22.1. The zero-order chi connectivity index (χ0) is 30.2. The second-order valence-electron chi connectivity index (χ2n) is 9.10. The number of Topliss-reactive ketones (excluding diaryl/α,β-unsaturated/α-hetero) is 1.